The lowest BCUT2D eigenvalue weighted by Gasteiger charge is -2.27. The van der Waals surface area contributed by atoms with Gasteiger partial charge in [-0.3, -0.25) is 0 Å². The van der Waals surface area contributed by atoms with Gasteiger partial charge in [0, 0.05) is 5.41 Å². The molecule has 0 fully saturated rings. The molecule has 1 heteroatoms. The maximum Gasteiger partial charge on any atom is 0.106 e. The summed E-state index contributed by atoms with van der Waals surface area (Å²) in [4.78, 5) is 0. The molecule has 1 aliphatic rings. The van der Waals surface area contributed by atoms with Crippen LogP contribution in [0.15, 0.2) is 23.0 Å². The maximum atomic E-state index is 13.2. The van der Waals surface area contributed by atoms with E-state index in [2.05, 4.69) is 6.92 Å². The zero-order chi connectivity index (χ0) is 8.65. The van der Waals surface area contributed by atoms with Crippen LogP contribution in [0.25, 0.3) is 0 Å². The molecule has 0 N–H and O–H groups in total. The Labute approximate surface area is 67.8 Å². The molecule has 0 spiro atoms. The van der Waals surface area contributed by atoms with Gasteiger partial charge in [0.25, 0.3) is 0 Å². The van der Waals surface area contributed by atoms with E-state index in [9.17, 15) is 4.39 Å². The van der Waals surface area contributed by atoms with E-state index in [0.29, 0.717) is 0 Å². The van der Waals surface area contributed by atoms with Crippen molar-refractivity contribution in [2.45, 2.75) is 34.1 Å². The van der Waals surface area contributed by atoms with Gasteiger partial charge in [-0.25, -0.2) is 4.39 Å². The minimum absolute atomic E-state index is 0.0144. The first-order chi connectivity index (χ1) is 4.93. The Morgan fingerprint density at radius 1 is 1.36 bits per heavy atom. The van der Waals surface area contributed by atoms with Crippen LogP contribution < -0.4 is 0 Å². The predicted molar refractivity (Wildman–Crippen MR) is 46.0 cm³/mol. The number of rotatable bonds is 0. The van der Waals surface area contributed by atoms with Gasteiger partial charge in [0.05, 0.1) is 0 Å². The van der Waals surface area contributed by atoms with E-state index in [1.807, 2.05) is 20.8 Å². The van der Waals surface area contributed by atoms with Crippen LogP contribution in [-0.4, -0.2) is 0 Å². The molecule has 0 radical (unpaired) electrons. The summed E-state index contributed by atoms with van der Waals surface area (Å²) in [5.74, 6) is 0.0144. The van der Waals surface area contributed by atoms with Gasteiger partial charge in [-0.05, 0) is 31.9 Å². The average Bonchev–Trinajstić information content (AvgIpc) is 1.83. The Kier molecular flexibility index (Phi) is 1.91. The van der Waals surface area contributed by atoms with Crippen LogP contribution >= 0.6 is 0 Å². The Morgan fingerprint density at radius 3 is 2.36 bits per heavy atom. The smallest absolute Gasteiger partial charge is 0.106 e. The first-order valence-corrected chi connectivity index (χ1v) is 3.97. The summed E-state index contributed by atoms with van der Waals surface area (Å²) in [6.07, 6.45) is 2.50. The second kappa shape index (κ2) is 2.47. The van der Waals surface area contributed by atoms with Crippen molar-refractivity contribution in [1.29, 1.82) is 0 Å². The van der Waals surface area contributed by atoms with E-state index in [0.717, 1.165) is 12.0 Å². The van der Waals surface area contributed by atoms with Crippen LogP contribution in [0.5, 0.6) is 0 Å². The van der Waals surface area contributed by atoms with Gasteiger partial charge >= 0.3 is 0 Å². The van der Waals surface area contributed by atoms with Crippen molar-refractivity contribution in [1.82, 2.24) is 0 Å². The molecule has 0 aromatic carbocycles. The molecular formula is C10H15F. The molecule has 11 heavy (non-hydrogen) atoms. The summed E-state index contributed by atoms with van der Waals surface area (Å²) >= 11 is 0. The molecule has 0 aromatic rings. The number of halogens is 1. The molecule has 0 unspecified atom stereocenters. The van der Waals surface area contributed by atoms with Gasteiger partial charge in [0.15, 0.2) is 0 Å². The Morgan fingerprint density at radius 2 is 1.91 bits per heavy atom. The summed E-state index contributed by atoms with van der Waals surface area (Å²) in [6.45, 7) is 7.91. The highest BCUT2D eigenvalue weighted by Gasteiger charge is 2.27. The highest BCUT2D eigenvalue weighted by molar-refractivity contribution is 5.32. The van der Waals surface area contributed by atoms with Gasteiger partial charge in [0.1, 0.15) is 5.83 Å². The molecule has 0 saturated carbocycles. The van der Waals surface area contributed by atoms with Crippen molar-refractivity contribution in [3.05, 3.63) is 23.0 Å². The van der Waals surface area contributed by atoms with Crippen LogP contribution in [0.4, 0.5) is 4.39 Å². The van der Waals surface area contributed by atoms with Crippen LogP contribution in [0.1, 0.15) is 34.1 Å². The minimum atomic E-state index is -0.274. The fourth-order valence-electron chi connectivity index (χ4n) is 1.40. The van der Waals surface area contributed by atoms with E-state index in [1.54, 1.807) is 6.08 Å². The zero-order valence-electron chi connectivity index (χ0n) is 7.66. The molecule has 0 nitrogen and oxygen atoms in total. The SMILES string of the molecule is CC1=C(C)CC(C)(C)C(F)=C1. The maximum absolute atomic E-state index is 13.2. The Balaban J connectivity index is 3.01. The largest absolute Gasteiger partial charge is 0.211 e. The molecule has 62 valence electrons. The topological polar surface area (TPSA) is 0 Å². The summed E-state index contributed by atoms with van der Waals surface area (Å²) in [6, 6.07) is 0. The Hall–Kier alpha value is -0.590. The fourth-order valence-corrected chi connectivity index (χ4v) is 1.40. The average molecular weight is 154 g/mol. The molecule has 0 aliphatic heterocycles. The normalized spacial score (nSPS) is 23.5. The van der Waals surface area contributed by atoms with E-state index in [1.165, 1.54) is 5.57 Å². The van der Waals surface area contributed by atoms with E-state index in [4.69, 9.17) is 0 Å². The monoisotopic (exact) mass is 154 g/mol. The van der Waals surface area contributed by atoms with Crippen molar-refractivity contribution in [3.8, 4) is 0 Å². The van der Waals surface area contributed by atoms with Crippen molar-refractivity contribution in [2.75, 3.05) is 0 Å². The van der Waals surface area contributed by atoms with E-state index in [-0.39, 0.29) is 11.2 Å². The highest BCUT2D eigenvalue weighted by Crippen LogP contribution is 2.39. The van der Waals surface area contributed by atoms with E-state index < -0.39 is 0 Å². The van der Waals surface area contributed by atoms with Gasteiger partial charge in [-0.15, -0.1) is 0 Å². The molecule has 1 rings (SSSR count). The standard InChI is InChI=1S/C10H15F/c1-7-5-9(11)10(3,4)6-8(7)2/h5H,6H2,1-4H3. The molecule has 1 aliphatic carbocycles. The molecule has 0 heterocycles. The molecular weight excluding hydrogens is 139 g/mol. The van der Waals surface area contributed by atoms with Gasteiger partial charge in [0.2, 0.25) is 0 Å². The third-order valence-corrected chi connectivity index (χ3v) is 2.37. The number of allylic oxidation sites excluding steroid dienone is 4. The van der Waals surface area contributed by atoms with Crippen molar-refractivity contribution >= 4 is 0 Å². The summed E-state index contributed by atoms with van der Waals surface area (Å²) in [7, 11) is 0. The van der Waals surface area contributed by atoms with Crippen molar-refractivity contribution in [2.24, 2.45) is 5.41 Å². The van der Waals surface area contributed by atoms with Crippen LogP contribution in [0, 0.1) is 5.41 Å². The fraction of sp³-hybridized carbons (Fsp3) is 0.600. The Bertz CT molecular complexity index is 231. The predicted octanol–water partition coefficient (Wildman–Crippen LogP) is 3.61. The zero-order valence-corrected chi connectivity index (χ0v) is 7.66. The van der Waals surface area contributed by atoms with Crippen LogP contribution in [-0.2, 0) is 0 Å². The third-order valence-electron chi connectivity index (χ3n) is 2.37. The number of hydrogen-bond acceptors (Lipinski definition) is 0. The quantitative estimate of drug-likeness (QED) is 0.500. The van der Waals surface area contributed by atoms with Crippen LogP contribution in [0.3, 0.4) is 0 Å². The lowest BCUT2D eigenvalue weighted by molar-refractivity contribution is 0.338. The van der Waals surface area contributed by atoms with Crippen LogP contribution in [0.2, 0.25) is 0 Å². The van der Waals surface area contributed by atoms with Crippen molar-refractivity contribution < 1.29 is 4.39 Å². The molecule has 0 bridgehead atoms. The molecule has 0 amide bonds. The van der Waals surface area contributed by atoms with Gasteiger partial charge in [-0.2, -0.15) is 0 Å². The minimum Gasteiger partial charge on any atom is -0.211 e. The number of hydrogen-bond donors (Lipinski definition) is 0. The highest BCUT2D eigenvalue weighted by atomic mass is 19.1. The summed E-state index contributed by atoms with van der Waals surface area (Å²) in [5.41, 5.74) is 2.11. The van der Waals surface area contributed by atoms with Crippen molar-refractivity contribution in [3.63, 3.8) is 0 Å². The van der Waals surface area contributed by atoms with E-state index >= 15 is 0 Å². The molecule has 0 saturated heterocycles. The lowest BCUT2D eigenvalue weighted by Crippen LogP contribution is -2.16. The lowest BCUT2D eigenvalue weighted by atomic mass is 9.79. The molecule has 0 atom stereocenters. The summed E-state index contributed by atoms with van der Waals surface area (Å²) < 4.78 is 13.2. The van der Waals surface area contributed by atoms with Gasteiger partial charge in [-0.1, -0.05) is 19.4 Å². The first kappa shape index (κ1) is 8.51. The van der Waals surface area contributed by atoms with Gasteiger partial charge < -0.3 is 0 Å². The summed E-state index contributed by atoms with van der Waals surface area (Å²) in [5, 5.41) is 0. The third kappa shape index (κ3) is 1.52. The first-order valence-electron chi connectivity index (χ1n) is 3.97. The molecule has 0 aromatic heterocycles. The second-order valence-corrected chi connectivity index (χ2v) is 4.02. The second-order valence-electron chi connectivity index (χ2n) is 4.02.